The maximum Gasteiger partial charge on any atom is 0.390 e. The van der Waals surface area contributed by atoms with Gasteiger partial charge in [0, 0.05) is 23.8 Å². The summed E-state index contributed by atoms with van der Waals surface area (Å²) in [5.41, 5.74) is 0.616. The first-order valence-corrected chi connectivity index (χ1v) is 11.8. The Kier molecular flexibility index (Phi) is 7.82. The molecule has 0 amide bonds. The van der Waals surface area contributed by atoms with Gasteiger partial charge in [0.2, 0.25) is 12.4 Å². The summed E-state index contributed by atoms with van der Waals surface area (Å²) in [6.07, 6.45) is -3.13. The molecule has 0 aliphatic heterocycles. The van der Waals surface area contributed by atoms with E-state index in [4.69, 9.17) is 23.8 Å². The molecule has 13 heteroatoms. The van der Waals surface area contributed by atoms with Gasteiger partial charge in [-0.25, -0.2) is 13.4 Å². The summed E-state index contributed by atoms with van der Waals surface area (Å²) in [4.78, 5) is 6.10. The van der Waals surface area contributed by atoms with Gasteiger partial charge in [0.15, 0.2) is 15.0 Å². The number of rotatable bonds is 8. The normalized spacial score (nSPS) is 12.2. The van der Waals surface area contributed by atoms with Gasteiger partial charge in [0.25, 0.3) is 0 Å². The number of sulfone groups is 1. The Balaban J connectivity index is 2.12. The molecule has 0 saturated carbocycles. The van der Waals surface area contributed by atoms with Gasteiger partial charge in [0.1, 0.15) is 10.0 Å². The molecule has 0 aromatic carbocycles. The van der Waals surface area contributed by atoms with Crippen molar-refractivity contribution in [2.75, 3.05) is 23.0 Å². The fourth-order valence-corrected chi connectivity index (χ4v) is 5.51. The molecule has 2 rings (SSSR count). The van der Waals surface area contributed by atoms with Crippen LogP contribution in [0.3, 0.4) is 0 Å². The zero-order chi connectivity index (χ0) is 21.8. The Morgan fingerprint density at radius 1 is 1.41 bits per heavy atom. The Labute approximate surface area is 180 Å². The molecule has 2 aromatic heterocycles. The lowest BCUT2D eigenvalue weighted by molar-refractivity contribution is -0.904. The zero-order valence-corrected chi connectivity index (χ0v) is 18.4. The minimum atomic E-state index is -4.53. The third kappa shape index (κ3) is 7.05. The number of hydrogen-bond donors (Lipinski definition) is 1. The van der Waals surface area contributed by atoms with Gasteiger partial charge < -0.3 is 4.90 Å². The van der Waals surface area contributed by atoms with Crippen LogP contribution in [0.15, 0.2) is 24.5 Å². The first-order chi connectivity index (χ1) is 13.4. The molecule has 0 unspecified atom stereocenters. The van der Waals surface area contributed by atoms with Crippen molar-refractivity contribution in [3.63, 3.8) is 0 Å². The number of hydrogen-bond acceptors (Lipinski definition) is 6. The molecule has 160 valence electrons. The van der Waals surface area contributed by atoms with E-state index in [9.17, 15) is 26.8 Å². The fraction of sp³-hybridized carbons (Fsp3) is 0.438. The summed E-state index contributed by atoms with van der Waals surface area (Å²) in [7, 11) is -3.90. The second kappa shape index (κ2) is 9.54. The molecular weight excluding hydrogens is 471 g/mol. The summed E-state index contributed by atoms with van der Waals surface area (Å²) in [5.74, 6) is -1.45. The van der Waals surface area contributed by atoms with Crippen LogP contribution in [0.4, 0.5) is 18.2 Å². The fourth-order valence-electron chi connectivity index (χ4n) is 2.36. The number of alkyl halides is 3. The molecule has 6 nitrogen and oxygen atoms in total. The average molecular weight is 489 g/mol. The van der Waals surface area contributed by atoms with E-state index < -0.39 is 33.9 Å². The minimum absolute atomic E-state index is 0.102. The lowest BCUT2D eigenvalue weighted by Crippen LogP contribution is -2.30. The van der Waals surface area contributed by atoms with Crippen molar-refractivity contribution in [2.45, 2.75) is 25.9 Å². The Hall–Kier alpha value is -1.50. The minimum Gasteiger partial charge on any atom is -0.325 e. The van der Waals surface area contributed by atoms with Crippen molar-refractivity contribution in [1.29, 1.82) is 0 Å². The van der Waals surface area contributed by atoms with E-state index >= 15 is 0 Å². The highest BCUT2D eigenvalue weighted by Crippen LogP contribution is 2.37. The van der Waals surface area contributed by atoms with Gasteiger partial charge in [-0.1, -0.05) is 35.2 Å². The van der Waals surface area contributed by atoms with Crippen LogP contribution < -0.4 is 9.63 Å². The van der Waals surface area contributed by atoms with Crippen LogP contribution in [0.2, 0.25) is 5.15 Å². The SMILES string of the molecule is CCN(C(=S)CCS(=O)(=O)CCC(F)(F)F)c1sc(-c2ccc[n+](O)c2)nc1Cl. The molecule has 0 fully saturated rings. The Morgan fingerprint density at radius 2 is 2.10 bits per heavy atom. The second-order valence-corrected chi connectivity index (χ2v) is 10.1. The molecule has 0 aliphatic carbocycles. The molecule has 0 aliphatic rings. The van der Waals surface area contributed by atoms with E-state index in [2.05, 4.69) is 4.98 Å². The van der Waals surface area contributed by atoms with Crippen LogP contribution in [0.1, 0.15) is 19.8 Å². The molecular formula is C16H18ClF3N3O3S3+. The van der Waals surface area contributed by atoms with E-state index in [1.165, 1.54) is 23.7 Å². The number of pyridine rings is 1. The summed E-state index contributed by atoms with van der Waals surface area (Å²) >= 11 is 12.7. The number of aromatic nitrogens is 2. The van der Waals surface area contributed by atoms with Gasteiger partial charge in [-0.2, -0.15) is 13.2 Å². The van der Waals surface area contributed by atoms with E-state index in [0.717, 1.165) is 4.73 Å². The topological polar surface area (TPSA) is 74.4 Å². The van der Waals surface area contributed by atoms with Crippen molar-refractivity contribution >= 4 is 55.0 Å². The van der Waals surface area contributed by atoms with Crippen molar-refractivity contribution in [1.82, 2.24) is 4.98 Å². The first-order valence-electron chi connectivity index (χ1n) is 8.36. The van der Waals surface area contributed by atoms with Crippen molar-refractivity contribution in [3.05, 3.63) is 29.7 Å². The van der Waals surface area contributed by atoms with E-state index in [1.807, 2.05) is 0 Å². The molecule has 2 heterocycles. The summed E-state index contributed by atoms with van der Waals surface area (Å²) < 4.78 is 61.4. The molecule has 2 aromatic rings. The number of thiazole rings is 1. The van der Waals surface area contributed by atoms with Crippen LogP contribution >= 0.6 is 35.2 Å². The number of halogens is 4. The predicted octanol–water partition coefficient (Wildman–Crippen LogP) is 3.90. The molecule has 0 radical (unpaired) electrons. The van der Waals surface area contributed by atoms with Gasteiger partial charge in [-0.15, -0.1) is 0 Å². The summed E-state index contributed by atoms with van der Waals surface area (Å²) in [6, 6.07) is 3.35. The second-order valence-electron chi connectivity index (χ2n) is 5.99. The molecule has 0 saturated heterocycles. The highest BCUT2D eigenvalue weighted by Gasteiger charge is 2.30. The zero-order valence-electron chi connectivity index (χ0n) is 15.2. The third-order valence-electron chi connectivity index (χ3n) is 3.79. The van der Waals surface area contributed by atoms with E-state index in [1.54, 1.807) is 24.0 Å². The van der Waals surface area contributed by atoms with Crippen LogP contribution in [-0.4, -0.2) is 47.8 Å². The average Bonchev–Trinajstić information content (AvgIpc) is 3.00. The highest BCUT2D eigenvalue weighted by molar-refractivity contribution is 7.91. The maximum absolute atomic E-state index is 12.3. The summed E-state index contributed by atoms with van der Waals surface area (Å²) in [5, 5.41) is 10.7. The number of nitrogens with zero attached hydrogens (tertiary/aromatic N) is 3. The van der Waals surface area contributed by atoms with Gasteiger partial charge in [-0.05, 0) is 13.0 Å². The largest absolute Gasteiger partial charge is 0.390 e. The van der Waals surface area contributed by atoms with Gasteiger partial charge >= 0.3 is 6.18 Å². The highest BCUT2D eigenvalue weighted by atomic mass is 35.5. The van der Waals surface area contributed by atoms with Crippen LogP contribution in [-0.2, 0) is 9.84 Å². The van der Waals surface area contributed by atoms with Crippen molar-refractivity contribution < 1.29 is 31.5 Å². The predicted molar refractivity (Wildman–Crippen MR) is 110 cm³/mol. The lowest BCUT2D eigenvalue weighted by atomic mass is 10.3. The number of anilines is 1. The smallest absolute Gasteiger partial charge is 0.325 e. The Bertz CT molecular complexity index is 981. The molecule has 1 N–H and O–H groups in total. The van der Waals surface area contributed by atoms with E-state index in [-0.39, 0.29) is 16.6 Å². The summed E-state index contributed by atoms with van der Waals surface area (Å²) in [6.45, 7) is 2.15. The van der Waals surface area contributed by atoms with Gasteiger partial charge in [0.05, 0.1) is 28.5 Å². The lowest BCUT2D eigenvalue weighted by Gasteiger charge is -2.22. The number of thiocarbonyl (C=S) groups is 1. The quantitative estimate of drug-likeness (QED) is 0.345. The van der Waals surface area contributed by atoms with Crippen LogP contribution in [0.25, 0.3) is 10.6 Å². The first kappa shape index (κ1) is 23.8. The molecule has 0 bridgehead atoms. The van der Waals surface area contributed by atoms with Crippen molar-refractivity contribution in [2.24, 2.45) is 0 Å². The van der Waals surface area contributed by atoms with Crippen molar-refractivity contribution in [3.8, 4) is 10.6 Å². The maximum atomic E-state index is 12.3. The van der Waals surface area contributed by atoms with Crippen LogP contribution in [0.5, 0.6) is 0 Å². The van der Waals surface area contributed by atoms with Crippen LogP contribution in [0, 0.1) is 0 Å². The van der Waals surface area contributed by atoms with E-state index in [0.29, 0.717) is 22.1 Å². The molecule has 0 atom stereocenters. The standard InChI is InChI=1S/C16H18ClF3N3O3S3/c1-2-23(12(27)5-8-29(25,26)9-6-16(18,19)20)15-13(17)21-14(28-15)11-4-3-7-22(24)10-11/h3-4,7,10,24H,2,5-6,8-9H2,1H3/q+1. The molecule has 29 heavy (non-hydrogen) atoms. The Morgan fingerprint density at radius 3 is 2.69 bits per heavy atom. The monoisotopic (exact) mass is 488 g/mol. The third-order valence-corrected chi connectivity index (χ3v) is 7.37. The van der Waals surface area contributed by atoms with Gasteiger partial charge in [-0.3, -0.25) is 5.21 Å². The molecule has 0 spiro atoms.